The van der Waals surface area contributed by atoms with Crippen molar-refractivity contribution in [2.24, 2.45) is 5.92 Å². The average molecular weight is 393 g/mol. The molecule has 0 radical (unpaired) electrons. The highest BCUT2D eigenvalue weighted by Crippen LogP contribution is 2.35. The number of aryl methyl sites for hydroxylation is 1. The number of carbonyl (C=O) groups is 1. The molecule has 1 amide bonds. The number of nitrogens with one attached hydrogen (secondary N) is 1. The minimum Gasteiger partial charge on any atom is -0.349 e. The Kier molecular flexibility index (Phi) is 5.98. The average Bonchev–Trinajstić information content (AvgIpc) is 3.44. The van der Waals surface area contributed by atoms with Crippen LogP contribution < -0.4 is 5.32 Å². The summed E-state index contributed by atoms with van der Waals surface area (Å²) in [5.41, 5.74) is 1.83. The van der Waals surface area contributed by atoms with E-state index in [0.29, 0.717) is 24.1 Å². The van der Waals surface area contributed by atoms with Gasteiger partial charge in [0.25, 0.3) is 0 Å². The minimum atomic E-state index is -0.268. The van der Waals surface area contributed by atoms with E-state index >= 15 is 0 Å². The number of benzene rings is 2. The van der Waals surface area contributed by atoms with Crippen molar-refractivity contribution in [2.45, 2.75) is 44.6 Å². The zero-order valence-corrected chi connectivity index (χ0v) is 16.2. The van der Waals surface area contributed by atoms with Gasteiger partial charge in [0, 0.05) is 18.4 Å². The van der Waals surface area contributed by atoms with Crippen LogP contribution in [0.3, 0.4) is 0 Å². The quantitative estimate of drug-likeness (QED) is 0.623. The van der Waals surface area contributed by atoms with Crippen molar-refractivity contribution in [1.29, 1.82) is 0 Å². The van der Waals surface area contributed by atoms with Crippen LogP contribution in [-0.4, -0.2) is 16.0 Å². The molecule has 2 aromatic carbocycles. The lowest BCUT2D eigenvalue weighted by Gasteiger charge is -2.25. The predicted octanol–water partition coefficient (Wildman–Crippen LogP) is 4.86. The lowest BCUT2D eigenvalue weighted by atomic mass is 9.91. The monoisotopic (exact) mass is 393 g/mol. The van der Waals surface area contributed by atoms with Crippen LogP contribution in [0.5, 0.6) is 0 Å². The summed E-state index contributed by atoms with van der Waals surface area (Å²) in [6.07, 6.45) is 5.14. The summed E-state index contributed by atoms with van der Waals surface area (Å²) in [6.45, 7) is 0. The van der Waals surface area contributed by atoms with Gasteiger partial charge >= 0.3 is 0 Å². The normalized spacial score (nSPS) is 15.3. The van der Waals surface area contributed by atoms with E-state index in [-0.39, 0.29) is 24.2 Å². The third kappa shape index (κ3) is 4.88. The maximum atomic E-state index is 13.3. The molecule has 4 rings (SSSR count). The Morgan fingerprint density at radius 3 is 2.55 bits per heavy atom. The number of hydrogen-bond donors (Lipinski definition) is 1. The molecule has 6 heteroatoms. The molecular weight excluding hydrogens is 369 g/mol. The Labute approximate surface area is 169 Å². The molecule has 1 atom stereocenters. The smallest absolute Gasteiger partial charge is 0.227 e. The molecule has 1 unspecified atom stereocenters. The van der Waals surface area contributed by atoms with Gasteiger partial charge in [0.05, 0.1) is 6.04 Å². The van der Waals surface area contributed by atoms with E-state index in [2.05, 4.69) is 15.5 Å². The van der Waals surface area contributed by atoms with E-state index < -0.39 is 0 Å². The lowest BCUT2D eigenvalue weighted by Crippen LogP contribution is -2.32. The summed E-state index contributed by atoms with van der Waals surface area (Å²) in [5.74, 6) is 1.02. The van der Waals surface area contributed by atoms with E-state index in [1.807, 2.05) is 30.3 Å². The fraction of sp³-hybridized carbons (Fsp3) is 0.348. The summed E-state index contributed by atoms with van der Waals surface area (Å²) >= 11 is 0. The van der Waals surface area contributed by atoms with E-state index in [0.717, 1.165) is 24.0 Å². The van der Waals surface area contributed by atoms with Crippen LogP contribution in [0.15, 0.2) is 59.1 Å². The summed E-state index contributed by atoms with van der Waals surface area (Å²) in [6, 6.07) is 15.9. The molecule has 29 heavy (non-hydrogen) atoms. The molecule has 1 heterocycles. The van der Waals surface area contributed by atoms with Gasteiger partial charge in [0.2, 0.25) is 17.6 Å². The Bertz CT molecular complexity index is 934. The summed E-state index contributed by atoms with van der Waals surface area (Å²) in [5, 5.41) is 7.14. The first kappa shape index (κ1) is 19.3. The standard InChI is InChI=1S/C23H24FN3O2/c24-19-12-10-17(11-13-19)22(16-6-4-5-7-16)25-20(28)14-15-21-26-23(27-29-21)18-8-2-1-3-9-18/h1-3,8-13,16,22H,4-7,14-15H2,(H,25,28). The molecule has 1 N–H and O–H groups in total. The zero-order valence-electron chi connectivity index (χ0n) is 16.2. The van der Waals surface area contributed by atoms with Gasteiger partial charge in [-0.05, 0) is 36.5 Å². The Morgan fingerprint density at radius 1 is 1.10 bits per heavy atom. The number of carbonyl (C=O) groups excluding carboxylic acids is 1. The summed E-state index contributed by atoms with van der Waals surface area (Å²) < 4.78 is 18.6. The number of halogens is 1. The van der Waals surface area contributed by atoms with Gasteiger partial charge in [0.15, 0.2) is 0 Å². The third-order valence-electron chi connectivity index (χ3n) is 5.48. The maximum Gasteiger partial charge on any atom is 0.227 e. The molecule has 0 bridgehead atoms. The van der Waals surface area contributed by atoms with Crippen LogP contribution >= 0.6 is 0 Å². The molecule has 1 aliphatic carbocycles. The van der Waals surface area contributed by atoms with Crippen molar-refractivity contribution in [3.05, 3.63) is 71.9 Å². The Morgan fingerprint density at radius 2 is 1.83 bits per heavy atom. The highest BCUT2D eigenvalue weighted by atomic mass is 19.1. The zero-order chi connectivity index (χ0) is 20.1. The van der Waals surface area contributed by atoms with Crippen LogP contribution in [0.1, 0.15) is 49.6 Å². The van der Waals surface area contributed by atoms with Gasteiger partial charge in [-0.3, -0.25) is 4.79 Å². The fourth-order valence-electron chi connectivity index (χ4n) is 3.96. The second-order valence-corrected chi connectivity index (χ2v) is 7.52. The molecule has 3 aromatic rings. The second-order valence-electron chi connectivity index (χ2n) is 7.52. The number of aromatic nitrogens is 2. The third-order valence-corrected chi connectivity index (χ3v) is 5.48. The molecule has 150 valence electrons. The number of amides is 1. The van der Waals surface area contributed by atoms with Crippen LogP contribution in [0.4, 0.5) is 4.39 Å². The first-order chi connectivity index (χ1) is 14.2. The van der Waals surface area contributed by atoms with Gasteiger partial charge in [0.1, 0.15) is 5.82 Å². The lowest BCUT2D eigenvalue weighted by molar-refractivity contribution is -0.122. The van der Waals surface area contributed by atoms with Crippen molar-refractivity contribution < 1.29 is 13.7 Å². The van der Waals surface area contributed by atoms with Gasteiger partial charge < -0.3 is 9.84 Å². The van der Waals surface area contributed by atoms with Crippen LogP contribution in [0.2, 0.25) is 0 Å². The molecule has 0 saturated heterocycles. The van der Waals surface area contributed by atoms with Crippen molar-refractivity contribution in [1.82, 2.24) is 15.5 Å². The van der Waals surface area contributed by atoms with Crippen molar-refractivity contribution in [3.8, 4) is 11.4 Å². The van der Waals surface area contributed by atoms with Crippen LogP contribution in [0.25, 0.3) is 11.4 Å². The van der Waals surface area contributed by atoms with Crippen LogP contribution in [0, 0.1) is 11.7 Å². The largest absolute Gasteiger partial charge is 0.349 e. The van der Waals surface area contributed by atoms with E-state index in [1.165, 1.54) is 25.0 Å². The second kappa shape index (κ2) is 8.99. The van der Waals surface area contributed by atoms with Crippen molar-refractivity contribution in [3.63, 3.8) is 0 Å². The molecule has 0 aliphatic heterocycles. The predicted molar refractivity (Wildman–Crippen MR) is 107 cm³/mol. The van der Waals surface area contributed by atoms with E-state index in [4.69, 9.17) is 4.52 Å². The Balaban J connectivity index is 1.38. The molecule has 1 saturated carbocycles. The first-order valence-electron chi connectivity index (χ1n) is 10.1. The van der Waals surface area contributed by atoms with Gasteiger partial charge in [-0.15, -0.1) is 0 Å². The van der Waals surface area contributed by atoms with E-state index in [1.54, 1.807) is 12.1 Å². The van der Waals surface area contributed by atoms with Crippen molar-refractivity contribution in [2.75, 3.05) is 0 Å². The molecule has 1 aliphatic rings. The first-order valence-corrected chi connectivity index (χ1v) is 10.1. The van der Waals surface area contributed by atoms with Gasteiger partial charge in [-0.1, -0.05) is 60.5 Å². The van der Waals surface area contributed by atoms with Gasteiger partial charge in [-0.25, -0.2) is 4.39 Å². The fourth-order valence-corrected chi connectivity index (χ4v) is 3.96. The molecule has 1 aromatic heterocycles. The van der Waals surface area contributed by atoms with Crippen LogP contribution in [-0.2, 0) is 11.2 Å². The highest BCUT2D eigenvalue weighted by molar-refractivity contribution is 5.76. The molecular formula is C23H24FN3O2. The summed E-state index contributed by atoms with van der Waals surface area (Å²) in [7, 11) is 0. The summed E-state index contributed by atoms with van der Waals surface area (Å²) in [4.78, 5) is 17.0. The molecule has 0 spiro atoms. The number of hydrogen-bond acceptors (Lipinski definition) is 4. The van der Waals surface area contributed by atoms with Crippen molar-refractivity contribution >= 4 is 5.91 Å². The Hall–Kier alpha value is -3.02. The SMILES string of the molecule is O=C(CCc1nc(-c2ccccc2)no1)NC(c1ccc(F)cc1)C1CCCC1. The van der Waals surface area contributed by atoms with E-state index in [9.17, 15) is 9.18 Å². The van der Waals surface area contributed by atoms with Gasteiger partial charge in [-0.2, -0.15) is 4.98 Å². The minimum absolute atomic E-state index is 0.0642. The highest BCUT2D eigenvalue weighted by Gasteiger charge is 2.27. The number of rotatable bonds is 7. The molecule has 5 nitrogen and oxygen atoms in total. The topological polar surface area (TPSA) is 68.0 Å². The molecule has 1 fully saturated rings. The number of nitrogens with zero attached hydrogens (tertiary/aromatic N) is 2. The maximum absolute atomic E-state index is 13.3.